The fourth-order valence-corrected chi connectivity index (χ4v) is 3.10. The highest BCUT2D eigenvalue weighted by molar-refractivity contribution is 14.1. The molecule has 0 saturated carbocycles. The van der Waals surface area contributed by atoms with Gasteiger partial charge < -0.3 is 5.32 Å². The molecule has 90 valence electrons. The van der Waals surface area contributed by atoms with Gasteiger partial charge >= 0.3 is 0 Å². The summed E-state index contributed by atoms with van der Waals surface area (Å²) in [5.41, 5.74) is 1.75. The Morgan fingerprint density at radius 2 is 2.41 bits per heavy atom. The highest BCUT2D eigenvalue weighted by Crippen LogP contribution is 2.28. The number of nitrogens with zero attached hydrogens (tertiary/aromatic N) is 1. The zero-order valence-corrected chi connectivity index (χ0v) is 12.3. The smallest absolute Gasteiger partial charge is 0.146 e. The summed E-state index contributed by atoms with van der Waals surface area (Å²) < 4.78 is 15.0. The van der Waals surface area contributed by atoms with Gasteiger partial charge in [-0.15, -0.1) is 11.3 Å². The van der Waals surface area contributed by atoms with Crippen LogP contribution < -0.4 is 5.32 Å². The van der Waals surface area contributed by atoms with Crippen molar-refractivity contribution in [3.8, 4) is 0 Å². The van der Waals surface area contributed by atoms with E-state index in [1.54, 1.807) is 23.6 Å². The zero-order valence-electron chi connectivity index (χ0n) is 9.28. The molecule has 2 nitrogen and oxygen atoms in total. The van der Waals surface area contributed by atoms with Crippen molar-refractivity contribution in [3.63, 3.8) is 0 Å². The Morgan fingerprint density at radius 3 is 3.00 bits per heavy atom. The number of pyridine rings is 1. The molecular formula is C12H12FIN2S. The summed E-state index contributed by atoms with van der Waals surface area (Å²) in [6.07, 6.45) is 2.89. The summed E-state index contributed by atoms with van der Waals surface area (Å²) in [5, 5.41) is 5.37. The maximum atomic E-state index is 13.8. The summed E-state index contributed by atoms with van der Waals surface area (Å²) in [4.78, 5) is 3.78. The van der Waals surface area contributed by atoms with Crippen LogP contribution in [0.4, 0.5) is 4.39 Å². The lowest BCUT2D eigenvalue weighted by Gasteiger charge is -2.17. The third kappa shape index (κ3) is 3.02. The van der Waals surface area contributed by atoms with E-state index in [2.05, 4.69) is 44.3 Å². The van der Waals surface area contributed by atoms with E-state index < -0.39 is 0 Å². The molecule has 0 aromatic carbocycles. The van der Waals surface area contributed by atoms with Gasteiger partial charge in [0.2, 0.25) is 0 Å². The van der Waals surface area contributed by atoms with E-state index in [4.69, 9.17) is 0 Å². The topological polar surface area (TPSA) is 24.9 Å². The minimum atomic E-state index is -0.264. The summed E-state index contributed by atoms with van der Waals surface area (Å²) in [5.74, 6) is -0.264. The molecule has 0 aliphatic heterocycles. The van der Waals surface area contributed by atoms with E-state index in [1.807, 2.05) is 6.92 Å². The van der Waals surface area contributed by atoms with Gasteiger partial charge in [0.1, 0.15) is 5.82 Å². The summed E-state index contributed by atoms with van der Waals surface area (Å²) >= 11 is 3.94. The maximum absolute atomic E-state index is 13.8. The lowest BCUT2D eigenvalue weighted by atomic mass is 10.0. The molecular weight excluding hydrogens is 350 g/mol. The Bertz CT molecular complexity index is 501. The number of hydrogen-bond donors (Lipinski definition) is 1. The number of hydrogen-bond acceptors (Lipinski definition) is 3. The van der Waals surface area contributed by atoms with Crippen LogP contribution in [0.25, 0.3) is 0 Å². The van der Waals surface area contributed by atoms with Gasteiger partial charge in [0.05, 0.1) is 15.1 Å². The van der Waals surface area contributed by atoms with Gasteiger partial charge in [-0.2, -0.15) is 0 Å². The Morgan fingerprint density at radius 1 is 1.59 bits per heavy atom. The molecule has 1 unspecified atom stereocenters. The predicted octanol–water partition coefficient (Wildman–Crippen LogP) is 3.59. The highest BCUT2D eigenvalue weighted by Gasteiger charge is 2.17. The van der Waals surface area contributed by atoms with Gasteiger partial charge in [-0.25, -0.2) is 4.39 Å². The molecule has 1 atom stereocenters. The third-order valence-electron chi connectivity index (χ3n) is 2.44. The second-order valence-electron chi connectivity index (χ2n) is 3.57. The number of rotatable bonds is 4. The molecule has 5 heteroatoms. The first kappa shape index (κ1) is 12.9. The molecule has 0 aliphatic carbocycles. The molecule has 0 bridgehead atoms. The van der Waals surface area contributed by atoms with Crippen LogP contribution in [0.2, 0.25) is 0 Å². The average Bonchev–Trinajstić information content (AvgIpc) is 2.74. The van der Waals surface area contributed by atoms with E-state index in [-0.39, 0.29) is 11.9 Å². The van der Waals surface area contributed by atoms with Crippen LogP contribution in [0.15, 0.2) is 29.9 Å². The van der Waals surface area contributed by atoms with Crippen LogP contribution in [0.3, 0.4) is 0 Å². The molecule has 0 radical (unpaired) electrons. The number of nitrogens with one attached hydrogen (secondary N) is 1. The van der Waals surface area contributed by atoms with Gasteiger partial charge in [0.25, 0.3) is 0 Å². The largest absolute Gasteiger partial charge is 0.306 e. The first-order chi connectivity index (χ1) is 8.22. The Labute approximate surface area is 117 Å². The number of halogens is 2. The average molecular weight is 362 g/mol. The van der Waals surface area contributed by atoms with E-state index in [0.29, 0.717) is 5.56 Å². The Balaban J connectivity index is 2.39. The van der Waals surface area contributed by atoms with E-state index >= 15 is 0 Å². The van der Waals surface area contributed by atoms with Crippen molar-refractivity contribution in [1.29, 1.82) is 0 Å². The van der Waals surface area contributed by atoms with Crippen LogP contribution in [-0.2, 0) is 0 Å². The first-order valence-corrected chi connectivity index (χ1v) is 7.25. The van der Waals surface area contributed by atoms with Gasteiger partial charge in [-0.3, -0.25) is 4.98 Å². The molecule has 1 N–H and O–H groups in total. The minimum absolute atomic E-state index is 0.0947. The third-order valence-corrected chi connectivity index (χ3v) is 4.25. The van der Waals surface area contributed by atoms with Crippen molar-refractivity contribution in [1.82, 2.24) is 10.3 Å². The standard InChI is InChI=1S/C12H12FIN2S/c1-2-16-12(8-5-11(14)17-7-8)9-3-4-15-6-10(9)13/h3-7,12,16H,2H2,1H3. The van der Waals surface area contributed by atoms with Crippen LogP contribution in [0.1, 0.15) is 24.1 Å². The summed E-state index contributed by atoms with van der Waals surface area (Å²) in [6.45, 7) is 2.81. The molecule has 0 aliphatic rings. The fourth-order valence-electron chi connectivity index (χ4n) is 1.71. The number of thiophene rings is 1. The second-order valence-corrected chi connectivity index (χ2v) is 6.38. The van der Waals surface area contributed by atoms with Crippen LogP contribution in [0.5, 0.6) is 0 Å². The van der Waals surface area contributed by atoms with E-state index in [0.717, 1.165) is 12.1 Å². The molecule has 0 saturated heterocycles. The van der Waals surface area contributed by atoms with Crippen molar-refractivity contribution in [2.24, 2.45) is 0 Å². The monoisotopic (exact) mass is 362 g/mol. The molecule has 2 heterocycles. The summed E-state index contributed by atoms with van der Waals surface area (Å²) in [6, 6.07) is 3.72. The maximum Gasteiger partial charge on any atom is 0.146 e. The quantitative estimate of drug-likeness (QED) is 0.841. The lowest BCUT2D eigenvalue weighted by Crippen LogP contribution is -2.22. The molecule has 2 aromatic heterocycles. The molecule has 0 spiro atoms. The van der Waals surface area contributed by atoms with Gasteiger partial charge in [0, 0.05) is 11.8 Å². The van der Waals surface area contributed by atoms with Crippen LogP contribution >= 0.6 is 33.9 Å². The highest BCUT2D eigenvalue weighted by atomic mass is 127. The van der Waals surface area contributed by atoms with Crippen molar-refractivity contribution in [3.05, 3.63) is 49.7 Å². The molecule has 0 amide bonds. The van der Waals surface area contributed by atoms with Gasteiger partial charge in [0.15, 0.2) is 0 Å². The van der Waals surface area contributed by atoms with Crippen LogP contribution in [0, 0.1) is 8.70 Å². The predicted molar refractivity (Wildman–Crippen MR) is 76.8 cm³/mol. The molecule has 2 rings (SSSR count). The van der Waals surface area contributed by atoms with Gasteiger partial charge in [-0.05, 0) is 52.2 Å². The number of aromatic nitrogens is 1. The first-order valence-electron chi connectivity index (χ1n) is 5.29. The molecule has 17 heavy (non-hydrogen) atoms. The lowest BCUT2D eigenvalue weighted by molar-refractivity contribution is 0.555. The van der Waals surface area contributed by atoms with Crippen molar-refractivity contribution >= 4 is 33.9 Å². The summed E-state index contributed by atoms with van der Waals surface area (Å²) in [7, 11) is 0. The van der Waals surface area contributed by atoms with Crippen molar-refractivity contribution < 1.29 is 4.39 Å². The van der Waals surface area contributed by atoms with Crippen molar-refractivity contribution in [2.45, 2.75) is 13.0 Å². The minimum Gasteiger partial charge on any atom is -0.306 e. The van der Waals surface area contributed by atoms with Crippen LogP contribution in [-0.4, -0.2) is 11.5 Å². The Kier molecular flexibility index (Phi) is 4.47. The normalized spacial score (nSPS) is 12.6. The fraction of sp³-hybridized carbons (Fsp3) is 0.250. The second kappa shape index (κ2) is 5.88. The van der Waals surface area contributed by atoms with E-state index in [9.17, 15) is 4.39 Å². The van der Waals surface area contributed by atoms with Gasteiger partial charge in [-0.1, -0.05) is 6.92 Å². The SMILES string of the molecule is CCNC(c1csc(I)c1)c1ccncc1F. The van der Waals surface area contributed by atoms with E-state index in [1.165, 1.54) is 9.08 Å². The molecule has 0 fully saturated rings. The Hall–Kier alpha value is -0.530. The van der Waals surface area contributed by atoms with Crippen molar-refractivity contribution in [2.75, 3.05) is 6.54 Å². The molecule has 2 aromatic rings. The zero-order chi connectivity index (χ0) is 12.3.